The number of carbonyl (C=O) groups excluding carboxylic acids is 1. The van der Waals surface area contributed by atoms with E-state index in [1.54, 1.807) is 12.1 Å². The Hall–Kier alpha value is -2.40. The summed E-state index contributed by atoms with van der Waals surface area (Å²) in [6.07, 6.45) is 0.174. The molecule has 4 nitrogen and oxygen atoms in total. The lowest BCUT2D eigenvalue weighted by atomic mass is 10.0. The number of oxime groups is 1. The highest BCUT2D eigenvalue weighted by Gasteiger charge is 2.29. The first-order valence-electron chi connectivity index (χ1n) is 8.03. The summed E-state index contributed by atoms with van der Waals surface area (Å²) in [6, 6.07) is 13.4. The van der Waals surface area contributed by atoms with Gasteiger partial charge in [0.1, 0.15) is 5.82 Å². The van der Waals surface area contributed by atoms with Gasteiger partial charge in [-0.25, -0.2) is 4.39 Å². The van der Waals surface area contributed by atoms with Crippen molar-refractivity contribution < 1.29 is 14.0 Å². The van der Waals surface area contributed by atoms with Crippen LogP contribution in [0.4, 0.5) is 4.39 Å². The predicted octanol–water partition coefficient (Wildman–Crippen LogP) is 4.04. The van der Waals surface area contributed by atoms with Gasteiger partial charge in [0.15, 0.2) is 0 Å². The number of carbonyl (C=O) groups is 1. The number of benzene rings is 2. The van der Waals surface area contributed by atoms with Crippen molar-refractivity contribution in [3.8, 4) is 0 Å². The van der Waals surface area contributed by atoms with Crippen molar-refractivity contribution in [2.24, 2.45) is 5.16 Å². The molecule has 130 valence electrons. The molecule has 1 N–H and O–H groups in total. The molecule has 1 aliphatic rings. The molecule has 0 saturated heterocycles. The molecule has 0 aromatic heterocycles. The smallest absolute Gasteiger partial charge is 0.264 e. The van der Waals surface area contributed by atoms with Gasteiger partial charge in [-0.15, -0.1) is 0 Å². The third-order valence-corrected chi connectivity index (χ3v) is 4.39. The highest BCUT2D eigenvalue weighted by atomic mass is 35.5. The van der Waals surface area contributed by atoms with Gasteiger partial charge in [-0.1, -0.05) is 47.1 Å². The Labute approximate surface area is 150 Å². The first kappa shape index (κ1) is 17.4. The lowest BCUT2D eigenvalue weighted by Gasteiger charge is -2.17. The number of hydrogen-bond donors (Lipinski definition) is 1. The van der Waals surface area contributed by atoms with Crippen LogP contribution in [0.15, 0.2) is 53.7 Å². The molecule has 2 aromatic carbocycles. The fourth-order valence-corrected chi connectivity index (χ4v) is 3.06. The van der Waals surface area contributed by atoms with Crippen LogP contribution in [0.1, 0.15) is 30.5 Å². The molecule has 0 radical (unpaired) electrons. The zero-order valence-corrected chi connectivity index (χ0v) is 14.5. The summed E-state index contributed by atoms with van der Waals surface area (Å²) >= 11 is 6.15. The molecular weight excluding hydrogens is 343 g/mol. The van der Waals surface area contributed by atoms with Gasteiger partial charge in [0.25, 0.3) is 5.91 Å². The largest absolute Gasteiger partial charge is 0.382 e. The number of nitrogens with zero attached hydrogens (tertiary/aromatic N) is 1. The van der Waals surface area contributed by atoms with Gasteiger partial charge in [0.05, 0.1) is 11.8 Å². The molecule has 6 heteroatoms. The van der Waals surface area contributed by atoms with E-state index in [2.05, 4.69) is 10.5 Å². The van der Waals surface area contributed by atoms with Crippen molar-refractivity contribution >= 4 is 23.2 Å². The predicted molar refractivity (Wildman–Crippen MR) is 95.0 cm³/mol. The van der Waals surface area contributed by atoms with Gasteiger partial charge >= 0.3 is 0 Å². The standard InChI is InChI=1S/C19H18ClFN2O2/c1-12(16-7-2-3-8-17(16)20)22-19(24)18-11-15(23-25-18)10-13-5-4-6-14(21)9-13/h2-9,12,18H,10-11H2,1H3,(H,22,24)/t12-,18+/m0/s1. The summed E-state index contributed by atoms with van der Waals surface area (Å²) in [7, 11) is 0. The second kappa shape index (κ2) is 7.66. The van der Waals surface area contributed by atoms with E-state index in [1.807, 2.05) is 31.2 Å². The summed E-state index contributed by atoms with van der Waals surface area (Å²) < 4.78 is 13.2. The Morgan fingerprint density at radius 1 is 1.36 bits per heavy atom. The van der Waals surface area contributed by atoms with Crippen LogP contribution in [0.25, 0.3) is 0 Å². The topological polar surface area (TPSA) is 50.7 Å². The Morgan fingerprint density at radius 2 is 2.16 bits per heavy atom. The van der Waals surface area contributed by atoms with Gasteiger partial charge in [-0.3, -0.25) is 4.79 Å². The molecule has 0 spiro atoms. The summed E-state index contributed by atoms with van der Waals surface area (Å²) in [5, 5.41) is 7.46. The summed E-state index contributed by atoms with van der Waals surface area (Å²) in [5.41, 5.74) is 2.36. The molecule has 3 rings (SSSR count). The Bertz CT molecular complexity index is 810. The fourth-order valence-electron chi connectivity index (χ4n) is 2.76. The van der Waals surface area contributed by atoms with Gasteiger partial charge in [-0.2, -0.15) is 0 Å². The number of rotatable bonds is 5. The van der Waals surface area contributed by atoms with Gasteiger partial charge in [0, 0.05) is 17.9 Å². The van der Waals surface area contributed by atoms with Crippen LogP contribution in [-0.4, -0.2) is 17.7 Å². The monoisotopic (exact) mass is 360 g/mol. The minimum Gasteiger partial charge on any atom is -0.382 e. The van der Waals surface area contributed by atoms with E-state index in [0.717, 1.165) is 16.8 Å². The molecule has 0 saturated carbocycles. The number of nitrogens with one attached hydrogen (secondary N) is 1. The van der Waals surface area contributed by atoms with E-state index in [0.29, 0.717) is 17.9 Å². The van der Waals surface area contributed by atoms with Crippen molar-refractivity contribution in [2.75, 3.05) is 0 Å². The second-order valence-electron chi connectivity index (χ2n) is 6.01. The molecule has 2 aromatic rings. The second-order valence-corrected chi connectivity index (χ2v) is 6.42. The normalized spacial score (nSPS) is 17.6. The molecule has 0 fully saturated rings. The highest BCUT2D eigenvalue weighted by Crippen LogP contribution is 2.23. The number of hydrogen-bond acceptors (Lipinski definition) is 3. The number of amides is 1. The number of halogens is 2. The van der Waals surface area contributed by atoms with E-state index in [1.165, 1.54) is 12.1 Å². The van der Waals surface area contributed by atoms with Crippen LogP contribution in [0, 0.1) is 5.82 Å². The summed E-state index contributed by atoms with van der Waals surface area (Å²) in [4.78, 5) is 17.6. The minimum absolute atomic E-state index is 0.239. The van der Waals surface area contributed by atoms with E-state index in [4.69, 9.17) is 16.4 Å². The van der Waals surface area contributed by atoms with Crippen molar-refractivity contribution in [2.45, 2.75) is 31.9 Å². The fraction of sp³-hybridized carbons (Fsp3) is 0.263. The molecule has 0 aliphatic carbocycles. The lowest BCUT2D eigenvalue weighted by molar-refractivity contribution is -0.131. The Kier molecular flexibility index (Phi) is 5.34. The molecule has 2 atom stereocenters. The maximum absolute atomic E-state index is 13.2. The average Bonchev–Trinajstić information content (AvgIpc) is 3.04. The zero-order chi connectivity index (χ0) is 17.8. The average molecular weight is 361 g/mol. The third-order valence-electron chi connectivity index (χ3n) is 4.05. The third kappa shape index (κ3) is 4.37. The molecule has 1 heterocycles. The maximum Gasteiger partial charge on any atom is 0.264 e. The molecule has 1 amide bonds. The van der Waals surface area contributed by atoms with Crippen LogP contribution in [-0.2, 0) is 16.1 Å². The summed E-state index contributed by atoms with van der Waals surface area (Å²) in [5.74, 6) is -0.537. The molecule has 25 heavy (non-hydrogen) atoms. The van der Waals surface area contributed by atoms with Gasteiger partial charge < -0.3 is 10.2 Å². The first-order chi connectivity index (χ1) is 12.0. The van der Waals surface area contributed by atoms with Crippen molar-refractivity contribution in [3.63, 3.8) is 0 Å². The quantitative estimate of drug-likeness (QED) is 0.874. The van der Waals surface area contributed by atoms with Crippen LogP contribution in [0.5, 0.6) is 0 Å². The van der Waals surface area contributed by atoms with Crippen LogP contribution < -0.4 is 5.32 Å². The Morgan fingerprint density at radius 3 is 2.92 bits per heavy atom. The minimum atomic E-state index is -0.673. The van der Waals surface area contributed by atoms with Crippen LogP contribution >= 0.6 is 11.6 Å². The van der Waals surface area contributed by atoms with E-state index in [-0.39, 0.29) is 17.8 Å². The molecule has 0 unspecified atom stereocenters. The van der Waals surface area contributed by atoms with Crippen LogP contribution in [0.2, 0.25) is 5.02 Å². The summed E-state index contributed by atoms with van der Waals surface area (Å²) in [6.45, 7) is 1.86. The van der Waals surface area contributed by atoms with Crippen molar-refractivity contribution in [1.82, 2.24) is 5.32 Å². The van der Waals surface area contributed by atoms with Crippen LogP contribution in [0.3, 0.4) is 0 Å². The first-order valence-corrected chi connectivity index (χ1v) is 8.41. The van der Waals surface area contributed by atoms with Gasteiger partial charge in [-0.05, 0) is 36.2 Å². The van der Waals surface area contributed by atoms with E-state index in [9.17, 15) is 9.18 Å². The van der Waals surface area contributed by atoms with Crippen molar-refractivity contribution in [1.29, 1.82) is 0 Å². The highest BCUT2D eigenvalue weighted by molar-refractivity contribution is 6.31. The Balaban J connectivity index is 1.56. The lowest BCUT2D eigenvalue weighted by Crippen LogP contribution is -2.36. The van der Waals surface area contributed by atoms with E-state index < -0.39 is 6.10 Å². The molecular formula is C19H18ClFN2O2. The SMILES string of the molecule is C[C@H](NC(=O)[C@H]1CC(Cc2cccc(F)c2)=NO1)c1ccccc1Cl. The zero-order valence-electron chi connectivity index (χ0n) is 13.7. The maximum atomic E-state index is 13.2. The van der Waals surface area contributed by atoms with E-state index >= 15 is 0 Å². The van der Waals surface area contributed by atoms with Gasteiger partial charge in [0.2, 0.25) is 6.10 Å². The molecule has 1 aliphatic heterocycles. The molecule has 0 bridgehead atoms. The van der Waals surface area contributed by atoms with Crippen molar-refractivity contribution in [3.05, 3.63) is 70.5 Å².